The summed E-state index contributed by atoms with van der Waals surface area (Å²) in [5.74, 6) is 1.69. The first-order chi connectivity index (χ1) is 16.5. The number of ether oxygens (including phenoxy) is 3. The van der Waals surface area contributed by atoms with Gasteiger partial charge >= 0.3 is 0 Å². The number of benzene rings is 2. The summed E-state index contributed by atoms with van der Waals surface area (Å²) in [5.41, 5.74) is 4.48. The van der Waals surface area contributed by atoms with Gasteiger partial charge in [0.2, 0.25) is 0 Å². The zero-order valence-corrected chi connectivity index (χ0v) is 20.2. The predicted octanol–water partition coefficient (Wildman–Crippen LogP) is 3.99. The third-order valence-corrected chi connectivity index (χ3v) is 6.06. The third kappa shape index (κ3) is 5.17. The highest BCUT2D eigenvalue weighted by Gasteiger charge is 2.19. The maximum Gasteiger partial charge on any atom is 0.254 e. The first-order valence-electron chi connectivity index (χ1n) is 11.4. The van der Waals surface area contributed by atoms with Crippen LogP contribution >= 0.6 is 0 Å². The van der Waals surface area contributed by atoms with E-state index < -0.39 is 0 Å². The number of aryl methyl sites for hydroxylation is 2. The topological polar surface area (TPSA) is 77.3 Å². The lowest BCUT2D eigenvalue weighted by atomic mass is 10.1. The van der Waals surface area contributed by atoms with Gasteiger partial charge in [0.15, 0.2) is 11.5 Å². The molecule has 1 aliphatic heterocycles. The standard InChI is InChI=1S/C26H31N3O5/c1-18-22(19(2)34-27-18)17-33-24-10-9-20(15-25(24)31-4)26(30)28(3)16-21-7-5-6-8-23(21)29-11-13-32-14-12-29/h5-10,15H,11-14,16-17H2,1-4H3. The van der Waals surface area contributed by atoms with E-state index in [2.05, 4.69) is 22.2 Å². The van der Waals surface area contributed by atoms with E-state index in [1.54, 1.807) is 30.2 Å². The minimum Gasteiger partial charge on any atom is -0.493 e. The van der Waals surface area contributed by atoms with Crippen LogP contribution in [0.15, 0.2) is 47.0 Å². The molecule has 2 heterocycles. The molecule has 0 saturated carbocycles. The van der Waals surface area contributed by atoms with E-state index in [0.717, 1.165) is 41.4 Å². The Morgan fingerprint density at radius 2 is 1.88 bits per heavy atom. The van der Waals surface area contributed by atoms with Gasteiger partial charge < -0.3 is 28.5 Å². The van der Waals surface area contributed by atoms with Gasteiger partial charge in [-0.15, -0.1) is 0 Å². The first kappa shape index (κ1) is 23.6. The SMILES string of the molecule is COc1cc(C(=O)N(C)Cc2ccccc2N2CCOCC2)ccc1OCc1c(C)noc1C. The maximum absolute atomic E-state index is 13.2. The molecule has 0 spiro atoms. The number of nitrogens with zero attached hydrogens (tertiary/aromatic N) is 3. The lowest BCUT2D eigenvalue weighted by Crippen LogP contribution is -2.37. The number of amides is 1. The number of para-hydroxylation sites is 1. The van der Waals surface area contributed by atoms with E-state index in [0.29, 0.717) is 43.4 Å². The van der Waals surface area contributed by atoms with Crippen molar-refractivity contribution in [3.63, 3.8) is 0 Å². The van der Waals surface area contributed by atoms with Gasteiger partial charge in [-0.3, -0.25) is 4.79 Å². The number of carbonyl (C=O) groups is 1. The molecular formula is C26H31N3O5. The van der Waals surface area contributed by atoms with E-state index in [1.165, 1.54) is 0 Å². The largest absolute Gasteiger partial charge is 0.493 e. The minimum absolute atomic E-state index is 0.0904. The van der Waals surface area contributed by atoms with Gasteiger partial charge in [-0.25, -0.2) is 0 Å². The zero-order valence-electron chi connectivity index (χ0n) is 20.2. The van der Waals surface area contributed by atoms with Gasteiger partial charge in [0.05, 0.1) is 31.6 Å². The van der Waals surface area contributed by atoms with Crippen molar-refractivity contribution in [2.45, 2.75) is 27.0 Å². The lowest BCUT2D eigenvalue weighted by molar-refractivity contribution is 0.0784. The van der Waals surface area contributed by atoms with E-state index in [1.807, 2.05) is 33.0 Å². The molecule has 0 bridgehead atoms. The molecule has 1 amide bonds. The van der Waals surface area contributed by atoms with Crippen molar-refractivity contribution < 1.29 is 23.5 Å². The Morgan fingerprint density at radius 3 is 2.59 bits per heavy atom. The van der Waals surface area contributed by atoms with Crippen LogP contribution in [-0.2, 0) is 17.9 Å². The number of anilines is 1. The normalized spacial score (nSPS) is 13.6. The molecule has 8 nitrogen and oxygen atoms in total. The van der Waals surface area contributed by atoms with Gasteiger partial charge in [-0.1, -0.05) is 23.4 Å². The van der Waals surface area contributed by atoms with Crippen LogP contribution in [-0.4, -0.2) is 56.4 Å². The average molecular weight is 466 g/mol. The Kier molecular flexibility index (Phi) is 7.37. The van der Waals surface area contributed by atoms with Crippen molar-refractivity contribution in [3.05, 3.63) is 70.6 Å². The molecule has 180 valence electrons. The number of hydrogen-bond donors (Lipinski definition) is 0. The highest BCUT2D eigenvalue weighted by atomic mass is 16.5. The molecule has 1 aromatic heterocycles. The number of rotatable bonds is 8. The summed E-state index contributed by atoms with van der Waals surface area (Å²) in [6, 6.07) is 13.5. The van der Waals surface area contributed by atoms with Gasteiger partial charge in [0.1, 0.15) is 12.4 Å². The van der Waals surface area contributed by atoms with Gasteiger partial charge in [0.25, 0.3) is 5.91 Å². The Hall–Kier alpha value is -3.52. The molecule has 0 aliphatic carbocycles. The monoisotopic (exact) mass is 465 g/mol. The second-order valence-corrected chi connectivity index (χ2v) is 8.35. The van der Waals surface area contributed by atoms with Crippen LogP contribution in [0.2, 0.25) is 0 Å². The van der Waals surface area contributed by atoms with Crippen LogP contribution in [0.5, 0.6) is 11.5 Å². The lowest BCUT2D eigenvalue weighted by Gasteiger charge is -2.31. The van der Waals surface area contributed by atoms with E-state index >= 15 is 0 Å². The van der Waals surface area contributed by atoms with Crippen molar-refractivity contribution in [1.29, 1.82) is 0 Å². The van der Waals surface area contributed by atoms with Crippen LogP contribution < -0.4 is 14.4 Å². The average Bonchev–Trinajstić information content (AvgIpc) is 3.19. The van der Waals surface area contributed by atoms with Crippen molar-refractivity contribution in [3.8, 4) is 11.5 Å². The molecule has 1 saturated heterocycles. The third-order valence-electron chi connectivity index (χ3n) is 6.06. The van der Waals surface area contributed by atoms with Crippen molar-refractivity contribution in [2.75, 3.05) is 45.4 Å². The number of morpholine rings is 1. The van der Waals surface area contributed by atoms with E-state index in [4.69, 9.17) is 18.7 Å². The fourth-order valence-corrected chi connectivity index (χ4v) is 4.08. The smallest absolute Gasteiger partial charge is 0.254 e. The first-order valence-corrected chi connectivity index (χ1v) is 11.4. The maximum atomic E-state index is 13.2. The molecule has 0 radical (unpaired) electrons. The minimum atomic E-state index is -0.0904. The molecule has 34 heavy (non-hydrogen) atoms. The predicted molar refractivity (Wildman–Crippen MR) is 129 cm³/mol. The number of carbonyl (C=O) groups excluding carboxylic acids is 1. The molecule has 8 heteroatoms. The van der Waals surface area contributed by atoms with Crippen LogP contribution in [0.25, 0.3) is 0 Å². The fourth-order valence-electron chi connectivity index (χ4n) is 4.08. The summed E-state index contributed by atoms with van der Waals surface area (Å²) in [6.07, 6.45) is 0. The molecule has 1 aliphatic rings. The molecule has 3 aromatic rings. The zero-order chi connectivity index (χ0) is 24.1. The summed E-state index contributed by atoms with van der Waals surface area (Å²) in [5, 5.41) is 3.95. The highest BCUT2D eigenvalue weighted by Crippen LogP contribution is 2.30. The van der Waals surface area contributed by atoms with Crippen LogP contribution in [0, 0.1) is 13.8 Å². The Morgan fingerprint density at radius 1 is 1.12 bits per heavy atom. The summed E-state index contributed by atoms with van der Waals surface area (Å²) >= 11 is 0. The second kappa shape index (κ2) is 10.6. The van der Waals surface area contributed by atoms with Crippen molar-refractivity contribution in [2.24, 2.45) is 0 Å². The second-order valence-electron chi connectivity index (χ2n) is 8.35. The Balaban J connectivity index is 1.46. The summed E-state index contributed by atoms with van der Waals surface area (Å²) in [6.45, 7) is 7.66. The molecule has 0 unspecified atom stereocenters. The fraction of sp³-hybridized carbons (Fsp3) is 0.385. The summed E-state index contributed by atoms with van der Waals surface area (Å²) < 4.78 is 22.1. The van der Waals surface area contributed by atoms with Gasteiger partial charge in [-0.05, 0) is 43.7 Å². The molecule has 4 rings (SSSR count). The van der Waals surface area contributed by atoms with Crippen molar-refractivity contribution in [1.82, 2.24) is 10.1 Å². The number of aromatic nitrogens is 1. The van der Waals surface area contributed by atoms with Crippen LogP contribution in [0.4, 0.5) is 5.69 Å². The molecule has 0 atom stereocenters. The van der Waals surface area contributed by atoms with Crippen LogP contribution in [0.3, 0.4) is 0 Å². The summed E-state index contributed by atoms with van der Waals surface area (Å²) in [4.78, 5) is 17.3. The highest BCUT2D eigenvalue weighted by molar-refractivity contribution is 5.94. The molecule has 2 aromatic carbocycles. The number of hydrogen-bond acceptors (Lipinski definition) is 7. The molecule has 0 N–H and O–H groups in total. The summed E-state index contributed by atoms with van der Waals surface area (Å²) in [7, 11) is 3.38. The molecular weight excluding hydrogens is 434 g/mol. The molecule has 1 fully saturated rings. The van der Waals surface area contributed by atoms with Gasteiger partial charge in [-0.2, -0.15) is 0 Å². The quantitative estimate of drug-likeness (QED) is 0.498. The Labute approximate surface area is 200 Å². The van der Waals surface area contributed by atoms with E-state index in [9.17, 15) is 4.79 Å². The van der Waals surface area contributed by atoms with Crippen LogP contribution in [0.1, 0.15) is 32.9 Å². The Bertz CT molecular complexity index is 1120. The van der Waals surface area contributed by atoms with Crippen molar-refractivity contribution >= 4 is 11.6 Å². The van der Waals surface area contributed by atoms with Gasteiger partial charge in [0, 0.05) is 37.9 Å². The number of methoxy groups -OCH3 is 1. The van der Waals surface area contributed by atoms with E-state index in [-0.39, 0.29) is 5.91 Å².